The summed E-state index contributed by atoms with van der Waals surface area (Å²) in [7, 11) is 1.97. The molecular weight excluding hydrogens is 318 g/mol. The van der Waals surface area contributed by atoms with Crippen LogP contribution in [0.1, 0.15) is 22.0 Å². The average molecular weight is 331 g/mol. The van der Waals surface area contributed by atoms with E-state index in [1.165, 1.54) is 16.0 Å². The molecule has 0 aliphatic heterocycles. The van der Waals surface area contributed by atoms with Gasteiger partial charge < -0.3 is 5.32 Å². The summed E-state index contributed by atoms with van der Waals surface area (Å²) in [6.07, 6.45) is 0. The molecule has 1 heterocycles. The second kappa shape index (κ2) is 5.53. The van der Waals surface area contributed by atoms with E-state index in [4.69, 9.17) is 11.6 Å². The molecule has 0 fully saturated rings. The molecule has 0 spiro atoms. The Morgan fingerprint density at radius 1 is 1.35 bits per heavy atom. The number of aryl methyl sites for hydroxylation is 1. The van der Waals surface area contributed by atoms with Crippen LogP contribution in [0.15, 0.2) is 34.1 Å². The summed E-state index contributed by atoms with van der Waals surface area (Å²) >= 11 is 11.4. The van der Waals surface area contributed by atoms with E-state index >= 15 is 0 Å². The summed E-state index contributed by atoms with van der Waals surface area (Å²) < 4.78 is 1.14. The van der Waals surface area contributed by atoms with Gasteiger partial charge in [0.05, 0.1) is 6.04 Å². The summed E-state index contributed by atoms with van der Waals surface area (Å²) in [6, 6.07) is 8.41. The van der Waals surface area contributed by atoms with Crippen LogP contribution in [0.25, 0.3) is 0 Å². The van der Waals surface area contributed by atoms with Crippen molar-refractivity contribution in [1.82, 2.24) is 5.32 Å². The molecule has 90 valence electrons. The van der Waals surface area contributed by atoms with Crippen LogP contribution in [-0.2, 0) is 0 Å². The van der Waals surface area contributed by atoms with Crippen LogP contribution >= 0.6 is 38.9 Å². The van der Waals surface area contributed by atoms with Crippen LogP contribution in [0.5, 0.6) is 0 Å². The highest BCUT2D eigenvalue weighted by Gasteiger charge is 2.16. The van der Waals surface area contributed by atoms with Gasteiger partial charge in [-0.3, -0.25) is 0 Å². The van der Waals surface area contributed by atoms with Gasteiger partial charge in [0.2, 0.25) is 0 Å². The van der Waals surface area contributed by atoms with E-state index in [-0.39, 0.29) is 6.04 Å². The first-order valence-electron chi connectivity index (χ1n) is 5.29. The van der Waals surface area contributed by atoms with E-state index in [2.05, 4.69) is 45.7 Å². The van der Waals surface area contributed by atoms with Crippen LogP contribution in [0.3, 0.4) is 0 Å². The van der Waals surface area contributed by atoms with Crippen LogP contribution in [0, 0.1) is 6.92 Å². The van der Waals surface area contributed by atoms with Crippen molar-refractivity contribution in [2.45, 2.75) is 13.0 Å². The SMILES string of the molecule is CNC(c1cc(C)cc(Cl)c1)c1sccc1Br. The molecule has 0 amide bonds. The first kappa shape index (κ1) is 13.1. The summed E-state index contributed by atoms with van der Waals surface area (Å²) in [5, 5.41) is 6.21. The van der Waals surface area contributed by atoms with Crippen molar-refractivity contribution in [3.8, 4) is 0 Å². The third-order valence-electron chi connectivity index (χ3n) is 2.59. The molecule has 17 heavy (non-hydrogen) atoms. The predicted octanol–water partition coefficient (Wildman–Crippen LogP) is 4.78. The number of benzene rings is 1. The molecule has 0 saturated heterocycles. The smallest absolute Gasteiger partial charge is 0.0680 e. The van der Waals surface area contributed by atoms with Gasteiger partial charge in [-0.2, -0.15) is 0 Å². The Kier molecular flexibility index (Phi) is 4.26. The molecule has 2 aromatic rings. The van der Waals surface area contributed by atoms with Crippen molar-refractivity contribution in [3.63, 3.8) is 0 Å². The predicted molar refractivity (Wildman–Crippen MR) is 79.1 cm³/mol. The van der Waals surface area contributed by atoms with Crippen molar-refractivity contribution < 1.29 is 0 Å². The van der Waals surface area contributed by atoms with E-state index in [1.54, 1.807) is 11.3 Å². The molecule has 2 rings (SSSR count). The fourth-order valence-electron chi connectivity index (χ4n) is 1.89. The van der Waals surface area contributed by atoms with Gasteiger partial charge in [-0.25, -0.2) is 0 Å². The fraction of sp³-hybridized carbons (Fsp3) is 0.231. The van der Waals surface area contributed by atoms with E-state index in [1.807, 2.05) is 19.2 Å². The third-order valence-corrected chi connectivity index (χ3v) is 4.75. The number of rotatable bonds is 3. The maximum Gasteiger partial charge on any atom is 0.0680 e. The van der Waals surface area contributed by atoms with E-state index < -0.39 is 0 Å². The Bertz CT molecular complexity index is 504. The quantitative estimate of drug-likeness (QED) is 0.854. The van der Waals surface area contributed by atoms with Crippen LogP contribution in [-0.4, -0.2) is 7.05 Å². The molecule has 0 bridgehead atoms. The Morgan fingerprint density at radius 3 is 2.65 bits per heavy atom. The van der Waals surface area contributed by atoms with Crippen molar-refractivity contribution in [3.05, 3.63) is 55.1 Å². The van der Waals surface area contributed by atoms with Gasteiger partial charge in [0.15, 0.2) is 0 Å². The largest absolute Gasteiger partial charge is 0.309 e. The lowest BCUT2D eigenvalue weighted by Gasteiger charge is -2.17. The lowest BCUT2D eigenvalue weighted by atomic mass is 10.0. The Hall–Kier alpha value is -0.350. The van der Waals surface area contributed by atoms with Crippen LogP contribution in [0.4, 0.5) is 0 Å². The first-order valence-corrected chi connectivity index (χ1v) is 7.34. The molecule has 4 heteroatoms. The number of nitrogens with one attached hydrogen (secondary N) is 1. The maximum atomic E-state index is 6.12. The molecule has 0 saturated carbocycles. The molecule has 1 nitrogen and oxygen atoms in total. The van der Waals surface area contributed by atoms with Crippen molar-refractivity contribution in [2.24, 2.45) is 0 Å². The summed E-state index contributed by atoms with van der Waals surface area (Å²) in [5.74, 6) is 0. The number of halogens is 2. The molecule has 1 N–H and O–H groups in total. The van der Waals surface area contributed by atoms with Gasteiger partial charge in [-0.15, -0.1) is 11.3 Å². The lowest BCUT2D eigenvalue weighted by molar-refractivity contribution is 0.701. The van der Waals surface area contributed by atoms with Crippen LogP contribution in [0.2, 0.25) is 5.02 Å². The number of thiophene rings is 1. The minimum absolute atomic E-state index is 0.182. The van der Waals surface area contributed by atoms with Gasteiger partial charge in [0, 0.05) is 14.4 Å². The van der Waals surface area contributed by atoms with E-state index in [0.29, 0.717) is 0 Å². The molecule has 0 radical (unpaired) electrons. The minimum Gasteiger partial charge on any atom is -0.309 e. The molecular formula is C13H13BrClNS. The highest BCUT2D eigenvalue weighted by molar-refractivity contribution is 9.10. The zero-order chi connectivity index (χ0) is 12.4. The molecule has 0 aliphatic carbocycles. The standard InChI is InChI=1S/C13H13BrClNS/c1-8-5-9(7-10(15)6-8)12(16-2)13-11(14)3-4-17-13/h3-7,12,16H,1-2H3. The van der Waals surface area contributed by atoms with Gasteiger partial charge in [0.1, 0.15) is 0 Å². The van der Waals surface area contributed by atoms with E-state index in [0.717, 1.165) is 9.50 Å². The second-order valence-corrected chi connectivity index (χ2v) is 6.15. The third kappa shape index (κ3) is 2.91. The minimum atomic E-state index is 0.182. The zero-order valence-corrected chi connectivity index (χ0v) is 12.8. The summed E-state index contributed by atoms with van der Waals surface area (Å²) in [5.41, 5.74) is 2.38. The summed E-state index contributed by atoms with van der Waals surface area (Å²) in [4.78, 5) is 1.27. The van der Waals surface area contributed by atoms with Crippen molar-refractivity contribution in [1.29, 1.82) is 0 Å². The first-order chi connectivity index (χ1) is 8.11. The fourth-order valence-corrected chi connectivity index (χ4v) is 3.93. The molecule has 1 aromatic heterocycles. The molecule has 1 unspecified atom stereocenters. The Labute approximate surface area is 119 Å². The van der Waals surface area contributed by atoms with Gasteiger partial charge in [-0.05, 0) is 64.6 Å². The average Bonchev–Trinajstić information content (AvgIpc) is 2.65. The summed E-state index contributed by atoms with van der Waals surface area (Å²) in [6.45, 7) is 2.06. The number of hydrogen-bond acceptors (Lipinski definition) is 2. The maximum absolute atomic E-state index is 6.12. The zero-order valence-electron chi connectivity index (χ0n) is 9.63. The van der Waals surface area contributed by atoms with Crippen molar-refractivity contribution >= 4 is 38.9 Å². The van der Waals surface area contributed by atoms with Crippen LogP contribution < -0.4 is 5.32 Å². The van der Waals surface area contributed by atoms with E-state index in [9.17, 15) is 0 Å². The van der Waals surface area contributed by atoms with Gasteiger partial charge in [-0.1, -0.05) is 17.7 Å². The lowest BCUT2D eigenvalue weighted by Crippen LogP contribution is -2.17. The highest BCUT2D eigenvalue weighted by atomic mass is 79.9. The van der Waals surface area contributed by atoms with Gasteiger partial charge >= 0.3 is 0 Å². The monoisotopic (exact) mass is 329 g/mol. The number of hydrogen-bond donors (Lipinski definition) is 1. The highest BCUT2D eigenvalue weighted by Crippen LogP contribution is 2.34. The topological polar surface area (TPSA) is 12.0 Å². The normalized spacial score (nSPS) is 12.7. The molecule has 0 aliphatic rings. The second-order valence-electron chi connectivity index (χ2n) is 3.92. The van der Waals surface area contributed by atoms with Crippen molar-refractivity contribution in [2.75, 3.05) is 7.05 Å². The Morgan fingerprint density at radius 2 is 2.12 bits per heavy atom. The molecule has 1 atom stereocenters. The molecule has 1 aromatic carbocycles. The Balaban J connectivity index is 2.45. The van der Waals surface area contributed by atoms with Gasteiger partial charge in [0.25, 0.3) is 0 Å².